The molecule has 2 aromatic rings. The van der Waals surface area contributed by atoms with Crippen LogP contribution in [0, 0.1) is 0 Å². The molecule has 1 aliphatic heterocycles. The van der Waals surface area contributed by atoms with Crippen LogP contribution in [0.25, 0.3) is 0 Å². The Kier molecular flexibility index (Phi) is 7.90. The first-order valence-electron chi connectivity index (χ1n) is 10.1. The lowest BCUT2D eigenvalue weighted by molar-refractivity contribution is 0.0342. The Morgan fingerprint density at radius 3 is 2.52 bits per heavy atom. The van der Waals surface area contributed by atoms with Gasteiger partial charge in [-0.3, -0.25) is 9.89 Å². The number of nitrogens with zero attached hydrogens (tertiary/aromatic N) is 3. The van der Waals surface area contributed by atoms with E-state index in [1.54, 1.807) is 7.11 Å². The average Bonchev–Trinajstić information content (AvgIpc) is 2.76. The molecule has 2 aromatic carbocycles. The van der Waals surface area contributed by atoms with Crippen molar-refractivity contribution in [2.24, 2.45) is 4.99 Å². The van der Waals surface area contributed by atoms with Crippen molar-refractivity contribution < 1.29 is 9.47 Å². The first kappa shape index (κ1) is 21.1. The van der Waals surface area contributed by atoms with Crippen molar-refractivity contribution in [2.45, 2.75) is 19.6 Å². The van der Waals surface area contributed by atoms with Crippen LogP contribution in [0.3, 0.4) is 0 Å². The third-order valence-corrected chi connectivity index (χ3v) is 5.10. The first-order chi connectivity index (χ1) is 14.2. The monoisotopic (exact) mass is 396 g/mol. The van der Waals surface area contributed by atoms with Crippen molar-refractivity contribution in [3.05, 3.63) is 65.2 Å². The smallest absolute Gasteiger partial charge is 0.193 e. The van der Waals surface area contributed by atoms with Crippen LogP contribution in [0.15, 0.2) is 53.5 Å². The predicted molar refractivity (Wildman–Crippen MR) is 117 cm³/mol. The Hall–Kier alpha value is -2.57. The molecule has 3 rings (SSSR count). The lowest BCUT2D eigenvalue weighted by Gasteiger charge is -2.26. The summed E-state index contributed by atoms with van der Waals surface area (Å²) < 4.78 is 10.7. The summed E-state index contributed by atoms with van der Waals surface area (Å²) in [6.45, 7) is 6.17. The van der Waals surface area contributed by atoms with Crippen molar-refractivity contribution in [3.8, 4) is 5.75 Å². The Balaban J connectivity index is 1.53. The third-order valence-electron chi connectivity index (χ3n) is 5.10. The second-order valence-electron chi connectivity index (χ2n) is 7.31. The van der Waals surface area contributed by atoms with E-state index in [0.29, 0.717) is 0 Å². The molecule has 0 saturated carbocycles. The number of hydrogen-bond acceptors (Lipinski definition) is 4. The van der Waals surface area contributed by atoms with Crippen molar-refractivity contribution in [2.75, 3.05) is 47.5 Å². The zero-order valence-electron chi connectivity index (χ0n) is 17.7. The van der Waals surface area contributed by atoms with Crippen LogP contribution in [0.2, 0.25) is 0 Å². The highest BCUT2D eigenvalue weighted by atomic mass is 16.5. The highest BCUT2D eigenvalue weighted by molar-refractivity contribution is 5.79. The Bertz CT molecular complexity index is 786. The van der Waals surface area contributed by atoms with E-state index in [2.05, 4.69) is 63.6 Å². The summed E-state index contributed by atoms with van der Waals surface area (Å²) in [5.74, 6) is 1.75. The van der Waals surface area contributed by atoms with Gasteiger partial charge < -0.3 is 19.7 Å². The molecule has 29 heavy (non-hydrogen) atoms. The van der Waals surface area contributed by atoms with Crippen LogP contribution in [0.1, 0.15) is 16.7 Å². The van der Waals surface area contributed by atoms with Gasteiger partial charge in [0.15, 0.2) is 5.96 Å². The topological polar surface area (TPSA) is 49.3 Å². The molecule has 0 unspecified atom stereocenters. The number of guanidine groups is 1. The molecule has 0 atom stereocenters. The molecule has 0 radical (unpaired) electrons. The fraction of sp³-hybridized carbons (Fsp3) is 0.435. The van der Waals surface area contributed by atoms with Gasteiger partial charge in [0.2, 0.25) is 0 Å². The van der Waals surface area contributed by atoms with Gasteiger partial charge in [0, 0.05) is 46.8 Å². The number of morpholine rings is 1. The number of ether oxygens (including phenoxy) is 2. The molecule has 6 heteroatoms. The van der Waals surface area contributed by atoms with Gasteiger partial charge in [-0.15, -0.1) is 0 Å². The molecule has 156 valence electrons. The Labute approximate surface area is 174 Å². The van der Waals surface area contributed by atoms with Crippen LogP contribution in [-0.4, -0.2) is 63.3 Å². The van der Waals surface area contributed by atoms with Gasteiger partial charge in [-0.05, 0) is 28.8 Å². The summed E-state index contributed by atoms with van der Waals surface area (Å²) >= 11 is 0. The van der Waals surface area contributed by atoms with E-state index in [1.165, 1.54) is 16.7 Å². The maximum absolute atomic E-state index is 5.44. The van der Waals surface area contributed by atoms with Crippen LogP contribution in [0.5, 0.6) is 5.75 Å². The van der Waals surface area contributed by atoms with Crippen molar-refractivity contribution >= 4 is 5.96 Å². The second-order valence-corrected chi connectivity index (χ2v) is 7.31. The lowest BCUT2D eigenvalue weighted by Crippen LogP contribution is -2.38. The van der Waals surface area contributed by atoms with Crippen LogP contribution in [0.4, 0.5) is 0 Å². The summed E-state index contributed by atoms with van der Waals surface area (Å²) in [6, 6.07) is 16.9. The highest BCUT2D eigenvalue weighted by Gasteiger charge is 2.11. The lowest BCUT2D eigenvalue weighted by atomic mass is 10.1. The van der Waals surface area contributed by atoms with E-state index in [0.717, 1.165) is 57.6 Å². The zero-order valence-corrected chi connectivity index (χ0v) is 17.7. The van der Waals surface area contributed by atoms with E-state index in [9.17, 15) is 0 Å². The van der Waals surface area contributed by atoms with E-state index in [1.807, 2.05) is 19.2 Å². The number of rotatable bonds is 7. The standard InChI is InChI=1S/C23H32N4O2/c1-24-23(26(2)17-19-7-9-22(28-3)10-8-19)25-16-20-5-4-6-21(15-20)18-27-11-13-29-14-12-27/h4-10,15H,11-14,16-18H2,1-3H3,(H,24,25). The van der Waals surface area contributed by atoms with Crippen molar-refractivity contribution in [1.82, 2.24) is 15.1 Å². The van der Waals surface area contributed by atoms with Gasteiger partial charge in [0.05, 0.1) is 20.3 Å². The maximum Gasteiger partial charge on any atom is 0.193 e. The van der Waals surface area contributed by atoms with Gasteiger partial charge in [-0.25, -0.2) is 0 Å². The van der Waals surface area contributed by atoms with Crippen molar-refractivity contribution in [1.29, 1.82) is 0 Å². The van der Waals surface area contributed by atoms with Crippen LogP contribution < -0.4 is 10.1 Å². The maximum atomic E-state index is 5.44. The minimum absolute atomic E-state index is 0.747. The zero-order chi connectivity index (χ0) is 20.5. The quantitative estimate of drug-likeness (QED) is 0.576. The third kappa shape index (κ3) is 6.48. The summed E-state index contributed by atoms with van der Waals surface area (Å²) in [4.78, 5) is 9.00. The molecule has 1 saturated heterocycles. The number of nitrogens with one attached hydrogen (secondary N) is 1. The Morgan fingerprint density at radius 1 is 1.10 bits per heavy atom. The number of benzene rings is 2. The molecule has 1 heterocycles. The fourth-order valence-electron chi connectivity index (χ4n) is 3.50. The van der Waals surface area contributed by atoms with Gasteiger partial charge in [-0.2, -0.15) is 0 Å². The minimum Gasteiger partial charge on any atom is -0.497 e. The Morgan fingerprint density at radius 2 is 1.83 bits per heavy atom. The SMILES string of the molecule is CN=C(NCc1cccc(CN2CCOCC2)c1)N(C)Cc1ccc(OC)cc1. The van der Waals surface area contributed by atoms with Gasteiger partial charge in [0.25, 0.3) is 0 Å². The van der Waals surface area contributed by atoms with Gasteiger partial charge in [0.1, 0.15) is 5.75 Å². The minimum atomic E-state index is 0.747. The molecule has 6 nitrogen and oxygen atoms in total. The first-order valence-corrected chi connectivity index (χ1v) is 10.1. The molecule has 0 bridgehead atoms. The molecule has 0 aromatic heterocycles. The van der Waals surface area contributed by atoms with E-state index in [-0.39, 0.29) is 0 Å². The highest BCUT2D eigenvalue weighted by Crippen LogP contribution is 2.13. The molecular weight excluding hydrogens is 364 g/mol. The number of hydrogen-bond donors (Lipinski definition) is 1. The normalized spacial score (nSPS) is 15.2. The van der Waals surface area contributed by atoms with Crippen LogP contribution >= 0.6 is 0 Å². The van der Waals surface area contributed by atoms with E-state index < -0.39 is 0 Å². The summed E-state index contributed by atoms with van der Waals surface area (Å²) in [6.07, 6.45) is 0. The molecule has 0 spiro atoms. The molecule has 0 amide bonds. The van der Waals surface area contributed by atoms with Gasteiger partial charge >= 0.3 is 0 Å². The van der Waals surface area contributed by atoms with Gasteiger partial charge in [-0.1, -0.05) is 36.4 Å². The summed E-state index contributed by atoms with van der Waals surface area (Å²) in [5, 5.41) is 3.48. The number of methoxy groups -OCH3 is 1. The molecule has 1 fully saturated rings. The predicted octanol–water partition coefficient (Wildman–Crippen LogP) is 2.73. The van der Waals surface area contributed by atoms with E-state index in [4.69, 9.17) is 9.47 Å². The molecular formula is C23H32N4O2. The fourth-order valence-corrected chi connectivity index (χ4v) is 3.50. The summed E-state index contributed by atoms with van der Waals surface area (Å²) in [7, 11) is 5.55. The second kappa shape index (κ2) is 10.8. The van der Waals surface area contributed by atoms with E-state index >= 15 is 0 Å². The molecule has 0 aliphatic carbocycles. The van der Waals surface area contributed by atoms with Crippen molar-refractivity contribution in [3.63, 3.8) is 0 Å². The largest absolute Gasteiger partial charge is 0.497 e. The number of aliphatic imine (C=N–C) groups is 1. The van der Waals surface area contributed by atoms with Crippen LogP contribution in [-0.2, 0) is 24.4 Å². The molecule has 1 N–H and O–H groups in total. The molecule has 1 aliphatic rings. The summed E-state index contributed by atoms with van der Waals surface area (Å²) in [5.41, 5.74) is 3.81. The average molecular weight is 397 g/mol.